The van der Waals surface area contributed by atoms with E-state index >= 15 is 0 Å². The maximum atomic E-state index is 12.7. The third-order valence-corrected chi connectivity index (χ3v) is 3.99. The number of nitrogens with zero attached hydrogens (tertiary/aromatic N) is 4. The average molecular weight is 329 g/mol. The lowest BCUT2D eigenvalue weighted by molar-refractivity contribution is -0.119. The quantitative estimate of drug-likeness (QED) is 0.868. The summed E-state index contributed by atoms with van der Waals surface area (Å²) in [7, 11) is 0. The number of carbonyl (C=O) groups is 1. The fourth-order valence-electron chi connectivity index (χ4n) is 2.68. The molecule has 118 valence electrons. The minimum absolute atomic E-state index is 0.104. The Morgan fingerprint density at radius 1 is 1.13 bits per heavy atom. The van der Waals surface area contributed by atoms with E-state index in [1.54, 1.807) is 0 Å². The molecular formula is C17H17ClN4O. The summed E-state index contributed by atoms with van der Waals surface area (Å²) in [4.78, 5) is 21.4. The molecule has 2 heterocycles. The van der Waals surface area contributed by atoms with Crippen molar-refractivity contribution in [2.24, 2.45) is 11.0 Å². The molecule has 23 heavy (non-hydrogen) atoms. The Hall–Kier alpha value is -2.27. The van der Waals surface area contributed by atoms with Crippen molar-refractivity contribution in [3.8, 4) is 0 Å². The molecule has 1 aliphatic heterocycles. The predicted molar refractivity (Wildman–Crippen MR) is 90.7 cm³/mol. The maximum Gasteiger partial charge on any atom is 0.259 e. The lowest BCUT2D eigenvalue weighted by Crippen LogP contribution is -2.29. The predicted octanol–water partition coefficient (Wildman–Crippen LogP) is 3.33. The SMILES string of the molecule is CC1=NN(c2nc(C)cc(C)n2)C(=O)[C@@H]1Cc1cccc(Cl)c1. The van der Waals surface area contributed by atoms with Crippen LogP contribution in [0.15, 0.2) is 35.4 Å². The van der Waals surface area contributed by atoms with Crippen LogP contribution >= 0.6 is 11.6 Å². The van der Waals surface area contributed by atoms with E-state index in [0.717, 1.165) is 22.7 Å². The number of anilines is 1. The summed E-state index contributed by atoms with van der Waals surface area (Å²) < 4.78 is 0. The molecule has 0 N–H and O–H groups in total. The number of hydrazone groups is 1. The Balaban J connectivity index is 1.86. The number of benzene rings is 1. The highest BCUT2D eigenvalue weighted by Gasteiger charge is 2.35. The van der Waals surface area contributed by atoms with E-state index in [0.29, 0.717) is 17.4 Å². The van der Waals surface area contributed by atoms with Gasteiger partial charge in [0.05, 0.1) is 5.92 Å². The van der Waals surface area contributed by atoms with Gasteiger partial charge in [-0.1, -0.05) is 23.7 Å². The molecule has 2 aromatic rings. The van der Waals surface area contributed by atoms with E-state index in [1.807, 2.05) is 51.1 Å². The zero-order valence-electron chi connectivity index (χ0n) is 13.2. The smallest absolute Gasteiger partial charge is 0.259 e. The Labute approximate surface area is 140 Å². The van der Waals surface area contributed by atoms with E-state index in [9.17, 15) is 4.79 Å². The topological polar surface area (TPSA) is 58.5 Å². The van der Waals surface area contributed by atoms with Crippen molar-refractivity contribution in [2.75, 3.05) is 5.01 Å². The lowest BCUT2D eigenvalue weighted by atomic mass is 9.95. The molecule has 0 fully saturated rings. The number of halogens is 1. The van der Waals surface area contributed by atoms with Crippen LogP contribution in [0.25, 0.3) is 0 Å². The van der Waals surface area contributed by atoms with E-state index in [-0.39, 0.29) is 11.8 Å². The number of carbonyl (C=O) groups excluding carboxylic acids is 1. The van der Waals surface area contributed by atoms with Gasteiger partial charge in [0.2, 0.25) is 0 Å². The normalized spacial score (nSPS) is 17.6. The highest BCUT2D eigenvalue weighted by atomic mass is 35.5. The number of rotatable bonds is 3. The van der Waals surface area contributed by atoms with Crippen LogP contribution in [-0.2, 0) is 11.2 Å². The summed E-state index contributed by atoms with van der Waals surface area (Å²) in [5.41, 5.74) is 3.39. The molecule has 0 radical (unpaired) electrons. The molecule has 0 aliphatic carbocycles. The lowest BCUT2D eigenvalue weighted by Gasteiger charge is -2.13. The van der Waals surface area contributed by atoms with Gasteiger partial charge in [-0.3, -0.25) is 4.79 Å². The zero-order valence-corrected chi connectivity index (χ0v) is 14.0. The highest BCUT2D eigenvalue weighted by Crippen LogP contribution is 2.25. The summed E-state index contributed by atoms with van der Waals surface area (Å²) in [5, 5.41) is 6.34. The Morgan fingerprint density at radius 2 is 1.83 bits per heavy atom. The fraction of sp³-hybridized carbons (Fsp3) is 0.294. The van der Waals surface area contributed by atoms with E-state index < -0.39 is 0 Å². The highest BCUT2D eigenvalue weighted by molar-refractivity contribution is 6.30. The molecule has 0 unspecified atom stereocenters. The van der Waals surface area contributed by atoms with Crippen LogP contribution in [0, 0.1) is 19.8 Å². The minimum atomic E-state index is -0.308. The van der Waals surface area contributed by atoms with Crippen LogP contribution in [0.2, 0.25) is 5.02 Å². The number of hydrogen-bond donors (Lipinski definition) is 0. The zero-order chi connectivity index (χ0) is 16.6. The van der Waals surface area contributed by atoms with Crippen molar-refractivity contribution in [3.63, 3.8) is 0 Å². The first-order valence-corrected chi connectivity index (χ1v) is 7.77. The Morgan fingerprint density at radius 3 is 2.48 bits per heavy atom. The van der Waals surface area contributed by atoms with Crippen LogP contribution in [-0.4, -0.2) is 21.6 Å². The summed E-state index contributed by atoms with van der Waals surface area (Å²) in [6.07, 6.45) is 0.566. The van der Waals surface area contributed by atoms with Gasteiger partial charge in [0, 0.05) is 22.1 Å². The monoisotopic (exact) mass is 328 g/mol. The molecule has 5 nitrogen and oxygen atoms in total. The van der Waals surface area contributed by atoms with Crippen LogP contribution < -0.4 is 5.01 Å². The summed E-state index contributed by atoms with van der Waals surface area (Å²) in [6.45, 7) is 5.60. The van der Waals surface area contributed by atoms with Crippen molar-refractivity contribution >= 4 is 29.2 Å². The van der Waals surface area contributed by atoms with Crippen molar-refractivity contribution in [1.29, 1.82) is 0 Å². The van der Waals surface area contributed by atoms with Gasteiger partial charge in [0.1, 0.15) is 0 Å². The van der Waals surface area contributed by atoms with Crippen LogP contribution in [0.5, 0.6) is 0 Å². The van der Waals surface area contributed by atoms with Crippen LogP contribution in [0.3, 0.4) is 0 Å². The molecule has 3 rings (SSSR count). The first kappa shape index (κ1) is 15.6. The number of aryl methyl sites for hydroxylation is 2. The molecule has 0 saturated carbocycles. The fourth-order valence-corrected chi connectivity index (χ4v) is 2.90. The molecule has 6 heteroatoms. The number of amides is 1. The average Bonchev–Trinajstić information content (AvgIpc) is 2.74. The van der Waals surface area contributed by atoms with Crippen molar-refractivity contribution in [1.82, 2.24) is 9.97 Å². The van der Waals surface area contributed by atoms with Gasteiger partial charge in [0.15, 0.2) is 0 Å². The van der Waals surface area contributed by atoms with Crippen molar-refractivity contribution in [3.05, 3.63) is 52.3 Å². The Bertz CT molecular complexity index is 783. The van der Waals surface area contributed by atoms with Gasteiger partial charge >= 0.3 is 0 Å². The maximum absolute atomic E-state index is 12.7. The minimum Gasteiger partial charge on any atom is -0.272 e. The largest absolute Gasteiger partial charge is 0.272 e. The van der Waals surface area contributed by atoms with Gasteiger partial charge in [-0.05, 0) is 51.0 Å². The first-order chi connectivity index (χ1) is 10.9. The van der Waals surface area contributed by atoms with E-state index in [2.05, 4.69) is 15.1 Å². The molecule has 1 aliphatic rings. The number of aromatic nitrogens is 2. The third kappa shape index (κ3) is 3.24. The van der Waals surface area contributed by atoms with Crippen LogP contribution in [0.1, 0.15) is 23.9 Å². The third-order valence-electron chi connectivity index (χ3n) is 3.76. The standard InChI is InChI=1S/C17H17ClN4O/c1-10-7-11(2)20-17(19-10)22-16(23)15(12(3)21-22)9-13-5-4-6-14(18)8-13/h4-8,15H,9H2,1-3H3/t15-/m1/s1. The molecule has 1 atom stereocenters. The molecule has 0 spiro atoms. The summed E-state index contributed by atoms with van der Waals surface area (Å²) in [6, 6.07) is 9.40. The van der Waals surface area contributed by atoms with Gasteiger partial charge in [-0.15, -0.1) is 0 Å². The second-order valence-electron chi connectivity index (χ2n) is 5.73. The molecular weight excluding hydrogens is 312 g/mol. The first-order valence-electron chi connectivity index (χ1n) is 7.40. The van der Waals surface area contributed by atoms with Crippen molar-refractivity contribution < 1.29 is 4.79 Å². The van der Waals surface area contributed by atoms with Gasteiger partial charge < -0.3 is 0 Å². The van der Waals surface area contributed by atoms with Gasteiger partial charge in [0.25, 0.3) is 11.9 Å². The van der Waals surface area contributed by atoms with Gasteiger partial charge in [-0.25, -0.2) is 9.97 Å². The van der Waals surface area contributed by atoms with E-state index in [1.165, 1.54) is 5.01 Å². The van der Waals surface area contributed by atoms with Crippen LogP contribution in [0.4, 0.5) is 5.95 Å². The number of hydrogen-bond acceptors (Lipinski definition) is 4. The molecule has 0 bridgehead atoms. The molecule has 1 amide bonds. The van der Waals surface area contributed by atoms with E-state index in [4.69, 9.17) is 11.6 Å². The molecule has 1 aromatic heterocycles. The Kier molecular flexibility index (Phi) is 4.13. The molecule has 0 saturated heterocycles. The second kappa shape index (κ2) is 6.08. The summed E-state index contributed by atoms with van der Waals surface area (Å²) >= 11 is 6.02. The van der Waals surface area contributed by atoms with Crippen molar-refractivity contribution in [2.45, 2.75) is 27.2 Å². The molecule has 1 aromatic carbocycles. The second-order valence-corrected chi connectivity index (χ2v) is 6.17. The van der Waals surface area contributed by atoms with Gasteiger partial charge in [-0.2, -0.15) is 10.1 Å². The summed E-state index contributed by atoms with van der Waals surface area (Å²) in [5.74, 6) is -0.0780.